The number of hydrogen-bond acceptors (Lipinski definition) is 3. The number of piperidine rings is 1. The summed E-state index contributed by atoms with van der Waals surface area (Å²) in [7, 11) is -2.85. The van der Waals surface area contributed by atoms with Crippen LogP contribution in [-0.4, -0.2) is 38.9 Å². The topological polar surface area (TPSA) is 49.4 Å². The number of nitrogens with one attached hydrogen (secondary N) is 1. The van der Waals surface area contributed by atoms with E-state index >= 15 is 0 Å². The average Bonchev–Trinajstić information content (AvgIpc) is 2.46. The molecule has 1 N–H and O–H groups in total. The molecule has 1 heterocycles. The van der Waals surface area contributed by atoms with Crippen LogP contribution in [0, 0.1) is 0 Å². The molecule has 8 heteroatoms. The fourth-order valence-corrected chi connectivity index (χ4v) is 4.02. The Kier molecular flexibility index (Phi) is 4.60. The number of rotatable bonds is 3. The highest BCUT2D eigenvalue weighted by Gasteiger charge is 2.39. The van der Waals surface area contributed by atoms with Gasteiger partial charge in [0.15, 0.2) is 0 Å². The first-order valence-corrected chi connectivity index (χ1v) is 8.03. The van der Waals surface area contributed by atoms with E-state index in [4.69, 9.17) is 0 Å². The summed E-state index contributed by atoms with van der Waals surface area (Å²) in [6.45, 7) is 1.24. The van der Waals surface area contributed by atoms with Gasteiger partial charge in [-0.15, -0.1) is 0 Å². The lowest BCUT2D eigenvalue weighted by molar-refractivity contribution is -0.139. The Morgan fingerprint density at radius 3 is 2.52 bits per heavy atom. The van der Waals surface area contributed by atoms with Crippen LogP contribution >= 0.6 is 0 Å². The zero-order chi connectivity index (χ0) is 15.7. The van der Waals surface area contributed by atoms with Crippen LogP contribution in [0.1, 0.15) is 18.4 Å². The first kappa shape index (κ1) is 16.3. The monoisotopic (exact) mass is 322 g/mol. The number of alkyl halides is 3. The minimum atomic E-state index is -4.70. The summed E-state index contributed by atoms with van der Waals surface area (Å²) in [5.74, 6) is 0. The number of nitrogens with zero attached hydrogens (tertiary/aromatic N) is 1. The van der Waals surface area contributed by atoms with Gasteiger partial charge >= 0.3 is 6.18 Å². The summed E-state index contributed by atoms with van der Waals surface area (Å²) in [6.07, 6.45) is -3.27. The van der Waals surface area contributed by atoms with Gasteiger partial charge in [-0.1, -0.05) is 12.1 Å². The van der Waals surface area contributed by atoms with Gasteiger partial charge in [0.25, 0.3) is 0 Å². The van der Waals surface area contributed by atoms with Gasteiger partial charge in [-0.3, -0.25) is 0 Å². The van der Waals surface area contributed by atoms with Crippen LogP contribution in [0.5, 0.6) is 0 Å². The van der Waals surface area contributed by atoms with Crippen LogP contribution in [0.25, 0.3) is 0 Å². The molecule has 2 rings (SSSR count). The molecule has 0 spiro atoms. The lowest BCUT2D eigenvalue weighted by atomic mass is 10.1. The zero-order valence-electron chi connectivity index (χ0n) is 11.5. The predicted molar refractivity (Wildman–Crippen MR) is 72.3 cm³/mol. The molecule has 0 amide bonds. The zero-order valence-corrected chi connectivity index (χ0v) is 12.3. The molecule has 1 fully saturated rings. The van der Waals surface area contributed by atoms with E-state index in [1.165, 1.54) is 19.2 Å². The van der Waals surface area contributed by atoms with E-state index in [1.807, 2.05) is 0 Å². The molecular weight excluding hydrogens is 305 g/mol. The molecule has 4 nitrogen and oxygen atoms in total. The fourth-order valence-electron chi connectivity index (χ4n) is 2.42. The molecule has 1 aromatic rings. The summed E-state index contributed by atoms with van der Waals surface area (Å²) in [5.41, 5.74) is -1.12. The SMILES string of the molecule is CN(C1CCCNC1)S(=O)(=O)c1ccccc1C(F)(F)F. The van der Waals surface area contributed by atoms with Crippen LogP contribution in [-0.2, 0) is 16.2 Å². The number of benzene rings is 1. The first-order valence-electron chi connectivity index (χ1n) is 6.59. The molecule has 1 aliphatic heterocycles. The Balaban J connectivity index is 2.40. The summed E-state index contributed by atoms with van der Waals surface area (Å²) in [4.78, 5) is -0.689. The van der Waals surface area contributed by atoms with Crippen molar-refractivity contribution in [2.24, 2.45) is 0 Å². The Morgan fingerprint density at radius 2 is 1.95 bits per heavy atom. The second kappa shape index (κ2) is 5.94. The largest absolute Gasteiger partial charge is 0.417 e. The molecule has 1 saturated heterocycles. The molecule has 118 valence electrons. The van der Waals surface area contributed by atoms with Gasteiger partial charge < -0.3 is 5.32 Å². The second-order valence-electron chi connectivity index (χ2n) is 5.02. The van der Waals surface area contributed by atoms with E-state index in [1.54, 1.807) is 0 Å². The number of halogens is 3. The normalized spacial score (nSPS) is 20.7. The average molecular weight is 322 g/mol. The van der Waals surface area contributed by atoms with Gasteiger partial charge in [0.2, 0.25) is 10.0 Å². The Hall–Kier alpha value is -1.12. The molecule has 1 aliphatic rings. The van der Waals surface area contributed by atoms with Crippen molar-refractivity contribution in [3.05, 3.63) is 29.8 Å². The molecule has 0 bridgehead atoms. The lowest BCUT2D eigenvalue weighted by Crippen LogP contribution is -2.46. The highest BCUT2D eigenvalue weighted by Crippen LogP contribution is 2.35. The van der Waals surface area contributed by atoms with E-state index < -0.39 is 26.7 Å². The van der Waals surface area contributed by atoms with Crippen molar-refractivity contribution in [1.82, 2.24) is 9.62 Å². The van der Waals surface area contributed by atoms with Gasteiger partial charge in [-0.25, -0.2) is 8.42 Å². The molecule has 1 unspecified atom stereocenters. The summed E-state index contributed by atoms with van der Waals surface area (Å²) < 4.78 is 65.0. The third-order valence-electron chi connectivity index (χ3n) is 3.63. The molecule has 1 atom stereocenters. The van der Waals surface area contributed by atoms with Gasteiger partial charge in [0.1, 0.15) is 0 Å². The van der Waals surface area contributed by atoms with Gasteiger partial charge in [-0.2, -0.15) is 17.5 Å². The molecule has 0 saturated carbocycles. The second-order valence-corrected chi connectivity index (χ2v) is 6.98. The molecule has 0 aliphatic carbocycles. The van der Waals surface area contributed by atoms with Crippen molar-refractivity contribution < 1.29 is 21.6 Å². The molecule has 21 heavy (non-hydrogen) atoms. The van der Waals surface area contributed by atoms with Gasteiger partial charge in [0.05, 0.1) is 10.5 Å². The van der Waals surface area contributed by atoms with Crippen molar-refractivity contribution in [3.63, 3.8) is 0 Å². The third kappa shape index (κ3) is 3.38. The predicted octanol–water partition coefficient (Wildman–Crippen LogP) is 2.08. The van der Waals surface area contributed by atoms with Crippen LogP contribution in [0.15, 0.2) is 29.2 Å². The Bertz CT molecular complexity index is 596. The van der Waals surface area contributed by atoms with Crippen molar-refractivity contribution in [3.8, 4) is 0 Å². The van der Waals surface area contributed by atoms with Gasteiger partial charge in [0, 0.05) is 19.6 Å². The van der Waals surface area contributed by atoms with Crippen LogP contribution in [0.4, 0.5) is 13.2 Å². The van der Waals surface area contributed by atoms with Crippen molar-refractivity contribution in [2.45, 2.75) is 30.0 Å². The van der Waals surface area contributed by atoms with Crippen molar-refractivity contribution in [1.29, 1.82) is 0 Å². The van der Waals surface area contributed by atoms with E-state index in [2.05, 4.69) is 5.32 Å². The fraction of sp³-hybridized carbons (Fsp3) is 0.538. The highest BCUT2D eigenvalue weighted by atomic mass is 32.2. The minimum absolute atomic E-state index is 0.329. The standard InChI is InChI=1S/C13H17F3N2O2S/c1-18(10-5-4-8-17-9-10)21(19,20)12-7-3-2-6-11(12)13(14,15)16/h2-3,6-7,10,17H,4-5,8-9H2,1H3. The van der Waals surface area contributed by atoms with E-state index in [0.29, 0.717) is 13.0 Å². The van der Waals surface area contributed by atoms with Crippen LogP contribution in [0.3, 0.4) is 0 Å². The van der Waals surface area contributed by atoms with E-state index in [9.17, 15) is 21.6 Å². The highest BCUT2D eigenvalue weighted by molar-refractivity contribution is 7.89. The first-order chi connectivity index (χ1) is 9.74. The maximum absolute atomic E-state index is 13.0. The summed E-state index contributed by atoms with van der Waals surface area (Å²) in [6, 6.07) is 3.95. The minimum Gasteiger partial charge on any atom is -0.315 e. The lowest BCUT2D eigenvalue weighted by Gasteiger charge is -2.31. The van der Waals surface area contributed by atoms with Crippen LogP contribution in [0.2, 0.25) is 0 Å². The third-order valence-corrected chi connectivity index (χ3v) is 5.60. The summed E-state index contributed by atoms with van der Waals surface area (Å²) >= 11 is 0. The number of sulfonamides is 1. The molecule has 0 aromatic heterocycles. The molecular formula is C13H17F3N2O2S. The number of likely N-dealkylation sites (N-methyl/N-ethyl adjacent to an activating group) is 1. The van der Waals surface area contributed by atoms with Crippen LogP contribution < -0.4 is 5.32 Å². The number of hydrogen-bond donors (Lipinski definition) is 1. The van der Waals surface area contributed by atoms with Crippen molar-refractivity contribution >= 4 is 10.0 Å². The van der Waals surface area contributed by atoms with E-state index in [-0.39, 0.29) is 6.04 Å². The quantitative estimate of drug-likeness (QED) is 0.927. The molecule has 1 aromatic carbocycles. The van der Waals surface area contributed by atoms with E-state index in [0.717, 1.165) is 29.4 Å². The maximum Gasteiger partial charge on any atom is 0.417 e. The van der Waals surface area contributed by atoms with Crippen molar-refractivity contribution in [2.75, 3.05) is 20.1 Å². The Morgan fingerprint density at radius 1 is 1.29 bits per heavy atom. The summed E-state index contributed by atoms with van der Waals surface area (Å²) in [5, 5.41) is 3.06. The molecule has 0 radical (unpaired) electrons. The maximum atomic E-state index is 13.0. The smallest absolute Gasteiger partial charge is 0.315 e. The van der Waals surface area contributed by atoms with Gasteiger partial charge in [-0.05, 0) is 31.5 Å². The Labute approximate surface area is 122 Å².